The molecule has 0 atom stereocenters. The fraction of sp³-hybridized carbons (Fsp3) is 0.185. The van der Waals surface area contributed by atoms with Gasteiger partial charge in [-0.2, -0.15) is 0 Å². The lowest BCUT2D eigenvalue weighted by molar-refractivity contribution is 0.0533. The molecular weight excluding hydrogens is 1790 g/mol. The monoisotopic (exact) mass is 1870 g/mol. The second-order valence-electron chi connectivity index (χ2n) is 34.6. The zero-order valence-corrected chi connectivity index (χ0v) is 76.0. The topological polar surface area (TPSA) is 378 Å². The van der Waals surface area contributed by atoms with Crippen LogP contribution in [0.3, 0.4) is 0 Å². The Bertz CT molecular complexity index is 7260. The van der Waals surface area contributed by atoms with Crippen molar-refractivity contribution in [3.8, 4) is 67.5 Å². The normalized spacial score (nSPS) is 14.4. The number of aromatic amines is 2. The number of benzene rings is 8. The summed E-state index contributed by atoms with van der Waals surface area (Å²) in [5, 5.41) is 2.18. The molecule has 8 bridgehead atoms. The Morgan fingerprint density at radius 2 is 0.429 bits per heavy atom. The predicted molar refractivity (Wildman–Crippen MR) is 524 cm³/mol. The highest BCUT2D eigenvalue weighted by Gasteiger charge is 2.35. The molecule has 7 aromatic heterocycles. The summed E-state index contributed by atoms with van der Waals surface area (Å²) in [5.74, 6) is -1.24. The van der Waals surface area contributed by atoms with Crippen LogP contribution in [0.1, 0.15) is 106 Å². The smallest absolute Gasteiger partial charge is 0.349 e. The number of piperazine rings is 4. The van der Waals surface area contributed by atoms with E-state index in [9.17, 15) is 57.5 Å². The molecule has 6 aliphatic rings. The molecule has 32 heteroatoms. The van der Waals surface area contributed by atoms with Crippen LogP contribution in [-0.2, 0) is 0 Å². The number of methoxy groups -OCH3 is 4. The van der Waals surface area contributed by atoms with E-state index in [1.54, 1.807) is 141 Å². The minimum absolute atomic E-state index is 0.128. The summed E-state index contributed by atoms with van der Waals surface area (Å²) < 4.78 is 43.5. The van der Waals surface area contributed by atoms with Gasteiger partial charge in [-0.25, -0.2) is 29.1 Å². The van der Waals surface area contributed by atoms with Crippen LogP contribution in [0.2, 0.25) is 0 Å². The van der Waals surface area contributed by atoms with E-state index in [4.69, 9.17) is 46.6 Å². The van der Waals surface area contributed by atoms with E-state index in [-0.39, 0.29) is 173 Å². The number of carbonyl (C=O) groups excluding carboxylic acids is 8. The lowest BCUT2D eigenvalue weighted by Gasteiger charge is -2.34. The van der Waals surface area contributed by atoms with Crippen LogP contribution in [0, 0.1) is 0 Å². The molecule has 4 fully saturated rings. The Kier molecular flexibility index (Phi) is 23.3. The van der Waals surface area contributed by atoms with Crippen molar-refractivity contribution in [3.05, 3.63) is 327 Å². The summed E-state index contributed by atoms with van der Waals surface area (Å²) in [4.78, 5) is 199. The molecule has 32 nitrogen and oxygen atoms in total. The summed E-state index contributed by atoms with van der Waals surface area (Å²) in [6, 6.07) is 62.5. The molecule has 0 aliphatic carbocycles. The van der Waals surface area contributed by atoms with Crippen LogP contribution >= 0.6 is 0 Å². The molecular formula is C108H86N12O20. The molecule has 13 heterocycles. The number of hydrogen-bond donors (Lipinski definition) is 2. The van der Waals surface area contributed by atoms with Crippen LogP contribution in [0.25, 0.3) is 135 Å². The molecule has 0 radical (unpaired) electrons. The van der Waals surface area contributed by atoms with Crippen molar-refractivity contribution >= 4 is 138 Å². The zero-order valence-electron chi connectivity index (χ0n) is 76.0. The van der Waals surface area contributed by atoms with Crippen molar-refractivity contribution in [2.75, 3.05) is 133 Å². The third-order valence-corrected chi connectivity index (χ3v) is 26.5. The van der Waals surface area contributed by atoms with Gasteiger partial charge >= 0.3 is 22.5 Å². The van der Waals surface area contributed by atoms with E-state index < -0.39 is 46.1 Å². The SMILES string of the molecule is COc1ccc2cc(C(=O)N3CCN(C(=O)c4ccc(-c5c6nc(c(-c7ccc(C(=O)N8CCN(C(=O)c9cc%10ccc(OC)cc%10oc9=O)CC8)cc7)c7ccc([nH]7)c(-c7ccc(C(=O)N8CCN(C(=O)c9cc%10ccc(OC)cc%10oc9=O)CC8)cc7)c7nc(c(-c8ccc(C(=O)N9CCN(C(=O)c%10cc%11ccc(OC)cc%11oc%10=O)CC9)cc8)c8ccc5[nH]8)C=C7)C=C6)cc4)CC3)c(=O)oc2c1. The lowest BCUT2D eigenvalue weighted by Crippen LogP contribution is -2.51. The number of rotatable bonds is 16. The summed E-state index contributed by atoms with van der Waals surface area (Å²) in [6.45, 7) is 2.53. The van der Waals surface area contributed by atoms with Gasteiger partial charge in [-0.15, -0.1) is 0 Å². The molecule has 8 aromatic carbocycles. The summed E-state index contributed by atoms with van der Waals surface area (Å²) in [6.07, 6.45) is 7.64. The van der Waals surface area contributed by atoms with Crippen LogP contribution in [0.5, 0.6) is 23.0 Å². The predicted octanol–water partition coefficient (Wildman–Crippen LogP) is 14.2. The van der Waals surface area contributed by atoms with Gasteiger partial charge in [0.25, 0.3) is 47.3 Å². The Morgan fingerprint density at radius 1 is 0.243 bits per heavy atom. The van der Waals surface area contributed by atoms with Crippen LogP contribution in [0.15, 0.2) is 255 Å². The highest BCUT2D eigenvalue weighted by atomic mass is 16.5. The second kappa shape index (κ2) is 36.8. The minimum atomic E-state index is -0.791. The van der Waals surface area contributed by atoms with E-state index in [2.05, 4.69) is 9.97 Å². The number of H-pyrrole nitrogens is 2. The van der Waals surface area contributed by atoms with Gasteiger partial charge in [0.1, 0.15) is 67.6 Å². The summed E-state index contributed by atoms with van der Waals surface area (Å²) in [7, 11) is 6.00. The maximum Gasteiger partial charge on any atom is 0.349 e. The lowest BCUT2D eigenvalue weighted by atomic mass is 10.0. The van der Waals surface area contributed by atoms with Crippen molar-refractivity contribution in [1.29, 1.82) is 0 Å². The molecule has 8 amide bonds. The van der Waals surface area contributed by atoms with Gasteiger partial charge in [0.05, 0.1) is 51.2 Å². The molecule has 21 rings (SSSR count). The number of amides is 8. The van der Waals surface area contributed by atoms with Gasteiger partial charge in [-0.05, 0) is 192 Å². The first-order valence-electron chi connectivity index (χ1n) is 45.5. The number of ether oxygens (including phenoxy) is 4. The molecule has 15 aromatic rings. The maximum atomic E-state index is 14.7. The van der Waals surface area contributed by atoms with Crippen molar-refractivity contribution in [2.24, 2.45) is 0 Å². The Labute approximate surface area is 795 Å². The van der Waals surface area contributed by atoms with Gasteiger partial charge < -0.3 is 85.8 Å². The van der Waals surface area contributed by atoms with Gasteiger partial charge in [-0.1, -0.05) is 48.5 Å². The molecule has 698 valence electrons. The third-order valence-electron chi connectivity index (χ3n) is 26.5. The highest BCUT2D eigenvalue weighted by Crippen LogP contribution is 2.41. The average molecular weight is 1870 g/mol. The van der Waals surface area contributed by atoms with Gasteiger partial charge in [0.15, 0.2) is 0 Å². The Hall–Kier alpha value is -17.8. The van der Waals surface area contributed by atoms with E-state index in [0.29, 0.717) is 156 Å². The van der Waals surface area contributed by atoms with Crippen molar-refractivity contribution < 1.29 is 75.0 Å². The first-order chi connectivity index (χ1) is 68.0. The number of nitrogens with zero attached hydrogens (tertiary/aromatic N) is 10. The van der Waals surface area contributed by atoms with Crippen LogP contribution < -0.4 is 41.4 Å². The number of hydrogen-bond acceptors (Lipinski definition) is 22. The van der Waals surface area contributed by atoms with Crippen LogP contribution in [0.4, 0.5) is 0 Å². The van der Waals surface area contributed by atoms with Crippen molar-refractivity contribution in [3.63, 3.8) is 0 Å². The van der Waals surface area contributed by atoms with E-state index in [1.807, 2.05) is 97.1 Å². The first kappa shape index (κ1) is 88.7. The van der Waals surface area contributed by atoms with Crippen molar-refractivity contribution in [1.82, 2.24) is 59.1 Å². The van der Waals surface area contributed by atoms with Gasteiger partial charge in [0, 0.05) is 217 Å². The Morgan fingerprint density at radius 3 is 0.614 bits per heavy atom. The third kappa shape index (κ3) is 16.9. The molecule has 0 unspecified atom stereocenters. The van der Waals surface area contributed by atoms with Gasteiger partial charge in [0.2, 0.25) is 0 Å². The number of aromatic nitrogens is 4. The quantitative estimate of drug-likeness (QED) is 0.0848. The molecule has 4 saturated heterocycles. The number of nitrogens with one attached hydrogen (secondary N) is 2. The molecule has 6 aliphatic heterocycles. The second-order valence-corrected chi connectivity index (χ2v) is 34.6. The average Bonchev–Trinajstić information content (AvgIpc) is 1.62. The van der Waals surface area contributed by atoms with Crippen LogP contribution in [-0.4, -0.2) is 240 Å². The fourth-order valence-corrected chi connectivity index (χ4v) is 18.9. The van der Waals surface area contributed by atoms with E-state index in [0.717, 1.165) is 0 Å². The number of carbonyl (C=O) groups is 8. The number of fused-ring (bicyclic) bond motifs is 12. The summed E-state index contributed by atoms with van der Waals surface area (Å²) >= 11 is 0. The van der Waals surface area contributed by atoms with Crippen molar-refractivity contribution in [2.45, 2.75) is 0 Å². The molecule has 2 N–H and O–H groups in total. The standard InChI is InChI=1S/C108H86N12O20/c1-133-73-25-21-69-53-77(105(129)137-89(69)57-73)101(125)117-45-37-113(38-46-117)97(121)65-13-5-61(6-14-65)93-81-29-31-83(109-81)94(62-7-15-66(16-8-62)98(122)114-39-47-118(48-40-114)102(126)78-54-70-22-26-74(134-2)58-90(70)138-106(78)130)85-33-35-87(111-85)96(64-11-19-68(20-12-64)100(124)116-43-51-120(52-44-116)104(128)80-56-72-24-28-76(136-4)60-92(72)140-108(80)132)88-36-34-86(112-88)95(84-32-30-82(93)110-84)63-9-17-67(18-10-63)99(123)115-41-49-119(50-42-115)103(127)79-55-71-23-27-75(135-3)59-91(71)139-107(79)131/h5-36,53-60,109,112H,37-52H2,1-4H3. The van der Waals surface area contributed by atoms with E-state index >= 15 is 0 Å². The van der Waals surface area contributed by atoms with E-state index in [1.165, 1.54) is 72.3 Å². The first-order valence-corrected chi connectivity index (χ1v) is 45.5. The molecule has 0 saturated carbocycles. The Balaban J connectivity index is 0.634. The highest BCUT2D eigenvalue weighted by molar-refractivity contribution is 6.06. The minimum Gasteiger partial charge on any atom is -0.497 e. The fourth-order valence-electron chi connectivity index (χ4n) is 18.9. The molecule has 140 heavy (non-hydrogen) atoms. The van der Waals surface area contributed by atoms with Gasteiger partial charge in [-0.3, -0.25) is 38.4 Å². The molecule has 0 spiro atoms. The summed E-state index contributed by atoms with van der Waals surface area (Å²) in [5.41, 5.74) is 8.42. The largest absolute Gasteiger partial charge is 0.497 e. The zero-order chi connectivity index (χ0) is 96.4. The maximum absolute atomic E-state index is 14.7.